The van der Waals surface area contributed by atoms with Gasteiger partial charge in [-0.3, -0.25) is 9.00 Å². The third-order valence-corrected chi connectivity index (χ3v) is 6.43. The van der Waals surface area contributed by atoms with Crippen molar-refractivity contribution in [1.29, 1.82) is 0 Å². The fraction of sp³-hybridized carbons (Fsp3) is 0.571. The minimum Gasteiger partial charge on any atom is -0.294 e. The van der Waals surface area contributed by atoms with E-state index in [1.807, 2.05) is 0 Å². The first kappa shape index (κ1) is 13.8. The number of halogens is 2. The van der Waals surface area contributed by atoms with E-state index in [9.17, 15) is 17.8 Å². The minimum absolute atomic E-state index is 0.0490. The number of nitrogens with zero attached hydrogens (tertiary/aromatic N) is 1. The van der Waals surface area contributed by atoms with Crippen molar-refractivity contribution in [3.05, 3.63) is 29.6 Å². The number of carbonyl (C=O) groups is 1. The molecule has 6 heteroatoms. The lowest BCUT2D eigenvalue weighted by Crippen LogP contribution is -2.41. The van der Waals surface area contributed by atoms with Crippen molar-refractivity contribution in [2.24, 2.45) is 5.92 Å². The molecule has 0 saturated carbocycles. The van der Waals surface area contributed by atoms with Crippen LogP contribution in [0.5, 0.6) is 0 Å². The van der Waals surface area contributed by atoms with Gasteiger partial charge in [-0.25, -0.2) is 0 Å². The average Bonchev–Trinajstić information content (AvgIpc) is 2.37. The van der Waals surface area contributed by atoms with Crippen LogP contribution < -0.4 is 0 Å². The molecule has 2 atom stereocenters. The molecule has 20 heavy (non-hydrogen) atoms. The lowest BCUT2D eigenvalue weighted by molar-refractivity contribution is 0.0890. The lowest BCUT2D eigenvalue weighted by atomic mass is 9.84. The van der Waals surface area contributed by atoms with Crippen LogP contribution in [-0.4, -0.2) is 25.5 Å². The molecule has 2 aliphatic rings. The van der Waals surface area contributed by atoms with Crippen molar-refractivity contribution in [3.63, 3.8) is 0 Å². The van der Waals surface area contributed by atoms with E-state index >= 15 is 0 Å². The van der Waals surface area contributed by atoms with Gasteiger partial charge in [0.2, 0.25) is 11.9 Å². The highest BCUT2D eigenvalue weighted by atomic mass is 32.2. The van der Waals surface area contributed by atoms with E-state index in [0.29, 0.717) is 12.8 Å². The molecule has 0 aliphatic carbocycles. The summed E-state index contributed by atoms with van der Waals surface area (Å²) in [5.74, 6) is -2.62. The number of carbonyl (C=O) groups excluding carboxylic acids is 1. The molecule has 0 aromatic carbocycles. The molecule has 108 valence electrons. The standard InChI is InChI=1S/C14H15F2NO2S/c15-12-5-4-11(14(16)17-12)13(18)8-6-9-2-1-3-10(7-8)20(9)19/h4-5,8-10H,1-3,6-7H2. The largest absolute Gasteiger partial charge is 0.294 e. The summed E-state index contributed by atoms with van der Waals surface area (Å²) < 4.78 is 38.5. The zero-order chi connectivity index (χ0) is 14.3. The molecular weight excluding hydrogens is 284 g/mol. The number of pyridine rings is 1. The number of rotatable bonds is 2. The Kier molecular flexibility index (Phi) is 3.67. The topological polar surface area (TPSA) is 47.0 Å². The van der Waals surface area contributed by atoms with Gasteiger partial charge in [0.15, 0.2) is 5.78 Å². The van der Waals surface area contributed by atoms with Crippen molar-refractivity contribution in [3.8, 4) is 0 Å². The average molecular weight is 299 g/mol. The second-order valence-corrected chi connectivity index (χ2v) is 7.50. The Morgan fingerprint density at radius 3 is 2.45 bits per heavy atom. The van der Waals surface area contributed by atoms with Crippen molar-refractivity contribution in [2.45, 2.75) is 42.6 Å². The predicted octanol–water partition coefficient (Wildman–Crippen LogP) is 2.62. The molecule has 0 N–H and O–H groups in total. The highest BCUT2D eigenvalue weighted by Crippen LogP contribution is 2.38. The predicted molar refractivity (Wildman–Crippen MR) is 70.8 cm³/mol. The van der Waals surface area contributed by atoms with Gasteiger partial charge in [-0.15, -0.1) is 0 Å². The molecular formula is C14H15F2NO2S. The molecule has 3 nitrogen and oxygen atoms in total. The van der Waals surface area contributed by atoms with Crippen LogP contribution in [0.15, 0.2) is 12.1 Å². The maximum Gasteiger partial charge on any atom is 0.226 e. The van der Waals surface area contributed by atoms with E-state index in [0.717, 1.165) is 31.4 Å². The van der Waals surface area contributed by atoms with Gasteiger partial charge in [0.05, 0.1) is 5.56 Å². The van der Waals surface area contributed by atoms with E-state index in [1.165, 1.54) is 0 Å². The van der Waals surface area contributed by atoms with E-state index in [1.54, 1.807) is 0 Å². The van der Waals surface area contributed by atoms with Crippen LogP contribution in [0.2, 0.25) is 0 Å². The van der Waals surface area contributed by atoms with Crippen LogP contribution in [0.4, 0.5) is 8.78 Å². The summed E-state index contributed by atoms with van der Waals surface area (Å²) in [5.41, 5.74) is -0.151. The number of hydrogen-bond donors (Lipinski definition) is 0. The smallest absolute Gasteiger partial charge is 0.226 e. The number of Topliss-reactive ketones (excluding diaryl/α,β-unsaturated/α-hetero) is 1. The molecule has 0 amide bonds. The summed E-state index contributed by atoms with van der Waals surface area (Å²) in [6.07, 6.45) is 3.88. The Labute approximate surface area is 118 Å². The molecule has 2 unspecified atom stereocenters. The highest BCUT2D eigenvalue weighted by molar-refractivity contribution is 7.86. The van der Waals surface area contributed by atoms with Crippen LogP contribution in [0.25, 0.3) is 0 Å². The summed E-state index contributed by atoms with van der Waals surface area (Å²) >= 11 is 0. The van der Waals surface area contributed by atoms with Crippen LogP contribution in [-0.2, 0) is 10.8 Å². The summed E-state index contributed by atoms with van der Waals surface area (Å²) in [4.78, 5) is 15.4. The number of aromatic nitrogens is 1. The van der Waals surface area contributed by atoms with Crippen LogP contribution in [0, 0.1) is 17.8 Å². The van der Waals surface area contributed by atoms with E-state index < -0.39 is 22.7 Å². The SMILES string of the molecule is O=C(c1ccc(F)nc1F)C1CC2CCCC(C1)S2=O. The monoisotopic (exact) mass is 299 g/mol. The third-order valence-electron chi connectivity index (χ3n) is 4.26. The number of fused-ring (bicyclic) bond motifs is 2. The number of ketones is 1. The molecule has 3 heterocycles. The van der Waals surface area contributed by atoms with Crippen LogP contribution in [0.3, 0.4) is 0 Å². The first-order valence-electron chi connectivity index (χ1n) is 6.82. The summed E-state index contributed by atoms with van der Waals surface area (Å²) in [6.45, 7) is 0. The quantitative estimate of drug-likeness (QED) is 0.623. The highest BCUT2D eigenvalue weighted by Gasteiger charge is 2.41. The Morgan fingerprint density at radius 1 is 1.20 bits per heavy atom. The van der Waals surface area contributed by atoms with Gasteiger partial charge in [0.25, 0.3) is 0 Å². The van der Waals surface area contributed by atoms with E-state index in [4.69, 9.17) is 0 Å². The van der Waals surface area contributed by atoms with Crippen molar-refractivity contribution < 1.29 is 17.8 Å². The van der Waals surface area contributed by atoms with Crippen molar-refractivity contribution in [1.82, 2.24) is 4.98 Å². The van der Waals surface area contributed by atoms with Gasteiger partial charge in [0.1, 0.15) is 0 Å². The molecule has 1 aromatic rings. The molecule has 2 aliphatic heterocycles. The van der Waals surface area contributed by atoms with Gasteiger partial charge < -0.3 is 0 Å². The van der Waals surface area contributed by atoms with Crippen molar-refractivity contribution in [2.75, 3.05) is 0 Å². The van der Waals surface area contributed by atoms with Crippen LogP contribution >= 0.6 is 0 Å². The molecule has 2 fully saturated rings. The van der Waals surface area contributed by atoms with Crippen LogP contribution in [0.1, 0.15) is 42.5 Å². The molecule has 0 radical (unpaired) electrons. The summed E-state index contributed by atoms with van der Waals surface area (Å²) in [6, 6.07) is 2.15. The first-order chi connectivity index (χ1) is 9.56. The Balaban J connectivity index is 1.83. The zero-order valence-electron chi connectivity index (χ0n) is 10.9. The van der Waals surface area contributed by atoms with Gasteiger partial charge in [0, 0.05) is 27.2 Å². The lowest BCUT2D eigenvalue weighted by Gasteiger charge is -2.37. The molecule has 0 spiro atoms. The normalized spacial score (nSPS) is 32.9. The maximum absolute atomic E-state index is 13.6. The second kappa shape index (κ2) is 5.31. The summed E-state index contributed by atoms with van der Waals surface area (Å²) in [5, 5.41) is 0.0980. The van der Waals surface area contributed by atoms with E-state index in [-0.39, 0.29) is 27.8 Å². The fourth-order valence-corrected chi connectivity index (χ4v) is 5.45. The molecule has 3 rings (SSSR count). The zero-order valence-corrected chi connectivity index (χ0v) is 11.7. The fourth-order valence-electron chi connectivity index (χ4n) is 3.26. The molecule has 2 bridgehead atoms. The Bertz CT molecular complexity index is 562. The van der Waals surface area contributed by atoms with Crippen molar-refractivity contribution >= 4 is 16.6 Å². The van der Waals surface area contributed by atoms with Gasteiger partial charge in [-0.05, 0) is 37.8 Å². The maximum atomic E-state index is 13.6. The first-order valence-corrected chi connectivity index (χ1v) is 8.09. The second-order valence-electron chi connectivity index (χ2n) is 5.51. The Hall–Kier alpha value is -1.17. The van der Waals surface area contributed by atoms with Gasteiger partial charge in [-0.2, -0.15) is 13.8 Å². The molecule has 2 saturated heterocycles. The van der Waals surface area contributed by atoms with Gasteiger partial charge >= 0.3 is 0 Å². The molecule has 1 aromatic heterocycles. The number of hydrogen-bond acceptors (Lipinski definition) is 3. The Morgan fingerprint density at radius 2 is 1.85 bits per heavy atom. The van der Waals surface area contributed by atoms with Gasteiger partial charge in [-0.1, -0.05) is 6.42 Å². The minimum atomic E-state index is -1.05. The third kappa shape index (κ3) is 2.41. The van der Waals surface area contributed by atoms with E-state index in [2.05, 4.69) is 4.98 Å². The summed E-state index contributed by atoms with van der Waals surface area (Å²) in [7, 11) is -0.860.